The Morgan fingerprint density at radius 3 is 2.24 bits per heavy atom. The highest BCUT2D eigenvalue weighted by molar-refractivity contribution is 7.91. The van der Waals surface area contributed by atoms with E-state index >= 15 is 0 Å². The first-order valence-corrected chi connectivity index (χ1v) is 12.3. The minimum Gasteiger partial charge on any atom is -0.489 e. The van der Waals surface area contributed by atoms with Crippen molar-refractivity contribution in [3.05, 3.63) is 103 Å². The minimum atomic E-state index is -3.47. The van der Waals surface area contributed by atoms with Crippen molar-refractivity contribution in [2.75, 3.05) is 17.3 Å². The average Bonchev–Trinajstić information content (AvgIpc) is 3.41. The van der Waals surface area contributed by atoms with E-state index in [0.29, 0.717) is 30.9 Å². The summed E-state index contributed by atoms with van der Waals surface area (Å²) < 4.78 is 33.2. The third-order valence-electron chi connectivity index (χ3n) is 5.19. The van der Waals surface area contributed by atoms with Gasteiger partial charge < -0.3 is 4.74 Å². The number of nitrogens with zero attached hydrogens (tertiary/aromatic N) is 5. The smallest absolute Gasteiger partial charge is 0.178 e. The highest BCUT2D eigenvalue weighted by atomic mass is 32.2. The second-order valence-corrected chi connectivity index (χ2v) is 9.65. The molecule has 0 aliphatic rings. The first kappa shape index (κ1) is 23.0. The van der Waals surface area contributed by atoms with E-state index in [2.05, 4.69) is 16.3 Å². The second-order valence-electron chi connectivity index (χ2n) is 7.54. The van der Waals surface area contributed by atoms with Crippen molar-refractivity contribution in [3.63, 3.8) is 0 Å². The molecule has 0 saturated heterocycles. The Labute approximate surface area is 198 Å². The van der Waals surface area contributed by atoms with Crippen LogP contribution < -0.4 is 9.75 Å². The number of hydrogen-bond acceptors (Lipinski definition) is 7. The molecule has 9 heteroatoms. The lowest BCUT2D eigenvalue weighted by molar-refractivity contribution is 0.306. The summed E-state index contributed by atoms with van der Waals surface area (Å²) in [6.07, 6.45) is 3.47. The number of rotatable bonds is 10. The van der Waals surface area contributed by atoms with Crippen molar-refractivity contribution >= 4 is 15.5 Å². The van der Waals surface area contributed by atoms with E-state index in [4.69, 9.17) is 10.00 Å². The highest BCUT2D eigenvalue weighted by Crippen LogP contribution is 2.20. The van der Waals surface area contributed by atoms with Gasteiger partial charge in [0.25, 0.3) is 0 Å². The summed E-state index contributed by atoms with van der Waals surface area (Å²) in [4.78, 5) is 0.258. The van der Waals surface area contributed by atoms with Crippen LogP contribution in [0.5, 0.6) is 5.75 Å². The monoisotopic (exact) mass is 473 g/mol. The largest absolute Gasteiger partial charge is 0.489 e. The molecular formula is C25H23N5O3S. The van der Waals surface area contributed by atoms with Crippen molar-refractivity contribution in [2.24, 2.45) is 0 Å². The minimum absolute atomic E-state index is 0.0217. The van der Waals surface area contributed by atoms with E-state index in [-0.39, 0.29) is 10.6 Å². The molecule has 3 aromatic carbocycles. The topological polar surface area (TPSA) is 101 Å². The Morgan fingerprint density at radius 2 is 1.59 bits per heavy atom. The highest BCUT2D eigenvalue weighted by Gasteiger charge is 2.16. The van der Waals surface area contributed by atoms with Gasteiger partial charge in [-0.3, -0.25) is 5.01 Å². The lowest BCUT2D eigenvalue weighted by Gasteiger charge is -2.24. The van der Waals surface area contributed by atoms with Crippen LogP contribution in [0.4, 0.5) is 5.69 Å². The summed E-state index contributed by atoms with van der Waals surface area (Å²) >= 11 is 0. The number of nitriles is 1. The first-order chi connectivity index (χ1) is 16.5. The molecule has 0 N–H and O–H groups in total. The standard InChI is InChI=1S/C25H23N5O3S/c26-17-21-7-9-23(10-8-21)30(29-19-27-28-20-29)15-4-16-34(31,32)25-13-11-24(12-14-25)33-18-22-5-2-1-3-6-22/h1-3,5-14,19-20H,4,15-16,18H2. The van der Waals surface area contributed by atoms with Gasteiger partial charge >= 0.3 is 0 Å². The van der Waals surface area contributed by atoms with E-state index in [1.165, 1.54) is 0 Å². The van der Waals surface area contributed by atoms with Gasteiger partial charge in [-0.25, -0.2) is 13.1 Å². The molecule has 0 saturated carbocycles. The van der Waals surface area contributed by atoms with Gasteiger partial charge in [-0.15, -0.1) is 10.2 Å². The summed E-state index contributed by atoms with van der Waals surface area (Å²) in [5.41, 5.74) is 2.39. The Hall–Kier alpha value is -4.16. The molecule has 4 aromatic rings. The maximum absolute atomic E-state index is 12.9. The molecule has 1 aromatic heterocycles. The van der Waals surface area contributed by atoms with Gasteiger partial charge in [-0.2, -0.15) is 5.26 Å². The molecule has 0 aliphatic heterocycles. The summed E-state index contributed by atoms with van der Waals surface area (Å²) in [6, 6.07) is 25.4. The third-order valence-corrected chi connectivity index (χ3v) is 7.01. The molecule has 0 spiro atoms. The van der Waals surface area contributed by atoms with Crippen LogP contribution in [0.3, 0.4) is 0 Å². The van der Waals surface area contributed by atoms with Gasteiger partial charge in [0, 0.05) is 6.54 Å². The number of benzene rings is 3. The number of hydrogen-bond donors (Lipinski definition) is 0. The molecule has 0 bridgehead atoms. The number of sulfone groups is 1. The van der Waals surface area contributed by atoms with Crippen molar-refractivity contribution in [2.45, 2.75) is 17.9 Å². The molecular weight excluding hydrogens is 450 g/mol. The first-order valence-electron chi connectivity index (χ1n) is 10.7. The molecule has 34 heavy (non-hydrogen) atoms. The molecule has 0 aliphatic carbocycles. The zero-order valence-electron chi connectivity index (χ0n) is 18.4. The quantitative estimate of drug-likeness (QED) is 0.345. The maximum atomic E-state index is 12.9. The van der Waals surface area contributed by atoms with Crippen LogP contribution in [0.15, 0.2) is 96.4 Å². The molecule has 4 rings (SSSR count). The fourth-order valence-corrected chi connectivity index (χ4v) is 4.71. The van der Waals surface area contributed by atoms with Crippen LogP contribution in [-0.2, 0) is 16.4 Å². The molecule has 0 unspecified atom stereocenters. The van der Waals surface area contributed by atoms with E-state index in [1.54, 1.807) is 65.9 Å². The van der Waals surface area contributed by atoms with Crippen LogP contribution in [0.1, 0.15) is 17.5 Å². The van der Waals surface area contributed by atoms with E-state index in [0.717, 1.165) is 11.3 Å². The Bertz CT molecular complexity index is 1330. The molecule has 1 heterocycles. The lowest BCUT2D eigenvalue weighted by atomic mass is 10.2. The average molecular weight is 474 g/mol. The Kier molecular flexibility index (Phi) is 7.20. The Morgan fingerprint density at radius 1 is 0.912 bits per heavy atom. The third kappa shape index (κ3) is 5.79. The normalized spacial score (nSPS) is 11.0. The fourth-order valence-electron chi connectivity index (χ4n) is 3.41. The van der Waals surface area contributed by atoms with Crippen LogP contribution in [0.25, 0.3) is 0 Å². The zero-order valence-corrected chi connectivity index (χ0v) is 19.2. The number of ether oxygens (including phenoxy) is 1. The maximum Gasteiger partial charge on any atom is 0.178 e. The molecule has 0 amide bonds. The van der Waals surface area contributed by atoms with Gasteiger partial charge in [0.15, 0.2) is 9.84 Å². The van der Waals surface area contributed by atoms with Crippen LogP contribution >= 0.6 is 0 Å². The van der Waals surface area contributed by atoms with Gasteiger partial charge in [0.1, 0.15) is 25.0 Å². The van der Waals surface area contributed by atoms with Crippen molar-refractivity contribution in [1.29, 1.82) is 5.26 Å². The second kappa shape index (κ2) is 10.6. The van der Waals surface area contributed by atoms with E-state index in [1.807, 2.05) is 35.3 Å². The SMILES string of the molecule is N#Cc1ccc(N(CCCS(=O)(=O)c2ccc(OCc3ccccc3)cc2)n2cnnc2)cc1. The van der Waals surface area contributed by atoms with Crippen LogP contribution in [0.2, 0.25) is 0 Å². The summed E-state index contributed by atoms with van der Waals surface area (Å²) in [6.45, 7) is 0.836. The predicted molar refractivity (Wildman–Crippen MR) is 128 cm³/mol. The van der Waals surface area contributed by atoms with Crippen molar-refractivity contribution in [1.82, 2.24) is 14.9 Å². The summed E-state index contributed by atoms with van der Waals surface area (Å²) in [5.74, 6) is 0.592. The molecule has 8 nitrogen and oxygen atoms in total. The molecule has 0 radical (unpaired) electrons. The van der Waals surface area contributed by atoms with Crippen molar-refractivity contribution < 1.29 is 13.2 Å². The predicted octanol–water partition coefficient (Wildman–Crippen LogP) is 3.86. The van der Waals surface area contributed by atoms with E-state index < -0.39 is 9.84 Å². The van der Waals surface area contributed by atoms with Gasteiger partial charge in [-0.05, 0) is 60.5 Å². The Balaban J connectivity index is 1.38. The van der Waals surface area contributed by atoms with Crippen LogP contribution in [0, 0.1) is 11.3 Å². The number of anilines is 1. The summed E-state index contributed by atoms with van der Waals surface area (Å²) in [5, 5.41) is 18.6. The molecule has 0 atom stereocenters. The zero-order chi connectivity index (χ0) is 23.8. The van der Waals surface area contributed by atoms with E-state index in [9.17, 15) is 8.42 Å². The van der Waals surface area contributed by atoms with Gasteiger partial charge in [-0.1, -0.05) is 30.3 Å². The lowest BCUT2D eigenvalue weighted by Crippen LogP contribution is -2.30. The van der Waals surface area contributed by atoms with Crippen LogP contribution in [-0.4, -0.2) is 35.6 Å². The molecule has 0 fully saturated rings. The van der Waals surface area contributed by atoms with Crippen molar-refractivity contribution in [3.8, 4) is 11.8 Å². The number of aromatic nitrogens is 3. The fraction of sp³-hybridized carbons (Fsp3) is 0.160. The van der Waals surface area contributed by atoms with Gasteiger partial charge in [0.2, 0.25) is 0 Å². The summed E-state index contributed by atoms with van der Waals surface area (Å²) in [7, 11) is -3.47. The molecule has 172 valence electrons. The van der Waals surface area contributed by atoms with Gasteiger partial charge in [0.05, 0.1) is 28.0 Å².